The summed E-state index contributed by atoms with van der Waals surface area (Å²) in [6, 6.07) is 5.53. The summed E-state index contributed by atoms with van der Waals surface area (Å²) in [4.78, 5) is 17.0. The molecule has 1 amide bonds. The van der Waals surface area contributed by atoms with Crippen molar-refractivity contribution >= 4 is 35.8 Å². The minimum atomic E-state index is -0.500. The smallest absolute Gasteiger partial charge is 0.252 e. The van der Waals surface area contributed by atoms with Crippen LogP contribution in [0.25, 0.3) is 5.57 Å². The Labute approximate surface area is 155 Å². The Balaban J connectivity index is 1.71. The van der Waals surface area contributed by atoms with E-state index in [4.69, 9.17) is 16.2 Å². The number of allylic oxidation sites excluding steroid dienone is 4. The normalized spacial score (nSPS) is 21.5. The van der Waals surface area contributed by atoms with Crippen molar-refractivity contribution in [2.24, 2.45) is 16.5 Å². The Bertz CT molecular complexity index is 972. The number of ether oxygens (including phenoxy) is 1. The molecule has 1 aromatic carbocycles. The number of rotatable bonds is 3. The monoisotopic (exact) mass is 367 g/mol. The van der Waals surface area contributed by atoms with Crippen molar-refractivity contribution in [3.05, 3.63) is 57.7 Å². The molecule has 0 fully saturated rings. The summed E-state index contributed by atoms with van der Waals surface area (Å²) < 4.78 is 7.11. The van der Waals surface area contributed by atoms with Gasteiger partial charge in [0.2, 0.25) is 12.4 Å². The van der Waals surface area contributed by atoms with Gasteiger partial charge in [-0.15, -0.1) is 11.8 Å². The Morgan fingerprint density at radius 1 is 1.42 bits per heavy atom. The van der Waals surface area contributed by atoms with Gasteiger partial charge in [0.25, 0.3) is 5.91 Å². The molecule has 2 aliphatic heterocycles. The molecular formula is C19H19N4O2S+. The van der Waals surface area contributed by atoms with E-state index < -0.39 is 5.91 Å². The summed E-state index contributed by atoms with van der Waals surface area (Å²) in [5.41, 5.74) is 16.4. The van der Waals surface area contributed by atoms with Gasteiger partial charge in [-0.2, -0.15) is 4.58 Å². The number of thioether (sulfide) groups is 1. The van der Waals surface area contributed by atoms with E-state index >= 15 is 0 Å². The van der Waals surface area contributed by atoms with Crippen molar-refractivity contribution in [1.82, 2.24) is 0 Å². The van der Waals surface area contributed by atoms with Crippen LogP contribution in [-0.4, -0.2) is 42.1 Å². The fourth-order valence-electron chi connectivity index (χ4n) is 3.47. The van der Waals surface area contributed by atoms with Gasteiger partial charge in [-0.1, -0.05) is 18.2 Å². The topological polar surface area (TPSA) is 93.7 Å². The summed E-state index contributed by atoms with van der Waals surface area (Å²) in [5.74, 6) is 0.570. The number of fused-ring (bicyclic) bond motifs is 2. The molecule has 0 saturated heterocycles. The third-order valence-electron chi connectivity index (χ3n) is 4.76. The first-order chi connectivity index (χ1) is 12.5. The zero-order chi connectivity index (χ0) is 18.4. The Hall–Kier alpha value is -2.80. The molecule has 7 heteroatoms. The van der Waals surface area contributed by atoms with E-state index in [1.165, 1.54) is 12.7 Å². The van der Waals surface area contributed by atoms with Gasteiger partial charge in [0.1, 0.15) is 23.2 Å². The van der Waals surface area contributed by atoms with Crippen molar-refractivity contribution in [3.63, 3.8) is 0 Å². The lowest BCUT2D eigenvalue weighted by atomic mass is 9.90. The van der Waals surface area contributed by atoms with E-state index in [0.717, 1.165) is 28.2 Å². The van der Waals surface area contributed by atoms with Crippen LogP contribution < -0.4 is 16.2 Å². The number of methoxy groups -OCH3 is 1. The van der Waals surface area contributed by atoms with Gasteiger partial charge in [0, 0.05) is 10.8 Å². The number of amides is 1. The highest BCUT2D eigenvalue weighted by atomic mass is 32.2. The van der Waals surface area contributed by atoms with Crippen LogP contribution in [0.3, 0.4) is 0 Å². The molecule has 6 nitrogen and oxygen atoms in total. The number of aliphatic imine (C=N–C) groups is 1. The average molecular weight is 367 g/mol. The molecule has 0 aromatic heterocycles. The van der Waals surface area contributed by atoms with Gasteiger partial charge in [0.05, 0.1) is 12.7 Å². The second kappa shape index (κ2) is 6.17. The maximum Gasteiger partial charge on any atom is 0.252 e. The first-order valence-electron chi connectivity index (χ1n) is 8.18. The van der Waals surface area contributed by atoms with E-state index in [9.17, 15) is 4.79 Å². The lowest BCUT2D eigenvalue weighted by Gasteiger charge is -2.19. The molecule has 0 spiro atoms. The largest absolute Gasteiger partial charge is 0.496 e. The summed E-state index contributed by atoms with van der Waals surface area (Å²) in [5, 5.41) is 0.259. The molecule has 26 heavy (non-hydrogen) atoms. The molecule has 2 heterocycles. The van der Waals surface area contributed by atoms with Crippen molar-refractivity contribution in [3.8, 4) is 5.75 Å². The first kappa shape index (κ1) is 16.7. The van der Waals surface area contributed by atoms with Crippen LogP contribution >= 0.6 is 11.8 Å². The fraction of sp³-hybridized carbons (Fsp3) is 0.211. The van der Waals surface area contributed by atoms with Gasteiger partial charge in [-0.05, 0) is 29.7 Å². The van der Waals surface area contributed by atoms with Gasteiger partial charge < -0.3 is 16.2 Å². The predicted molar refractivity (Wildman–Crippen MR) is 104 cm³/mol. The zero-order valence-electron chi connectivity index (χ0n) is 14.4. The van der Waals surface area contributed by atoms with E-state index in [1.807, 2.05) is 10.6 Å². The highest BCUT2D eigenvalue weighted by Crippen LogP contribution is 2.48. The molecule has 0 saturated carbocycles. The highest BCUT2D eigenvalue weighted by Gasteiger charge is 2.41. The first-order valence-corrected chi connectivity index (χ1v) is 9.06. The standard InChI is InChI=1S/C19H18N4O2S/c1-23-9-22-18(20)17-16(23)12-5-3-11(8-15(12)26-17)10-4-6-14(25-2)13(7-10)19(21)24/h3-7,15H,1,8-9H2,2H3,(H3-,20,21,22,24)/p+1. The van der Waals surface area contributed by atoms with Crippen molar-refractivity contribution in [2.75, 3.05) is 13.8 Å². The van der Waals surface area contributed by atoms with Crippen molar-refractivity contribution in [2.45, 2.75) is 11.7 Å². The predicted octanol–water partition coefficient (Wildman–Crippen LogP) is 1.88. The van der Waals surface area contributed by atoms with Crippen LogP contribution in [0.4, 0.5) is 0 Å². The second-order valence-electron chi connectivity index (χ2n) is 6.31. The third-order valence-corrected chi connectivity index (χ3v) is 6.10. The second-order valence-corrected chi connectivity index (χ2v) is 7.52. The molecule has 1 unspecified atom stereocenters. The number of amidine groups is 1. The van der Waals surface area contributed by atoms with E-state index in [1.54, 1.807) is 23.9 Å². The minimum Gasteiger partial charge on any atom is -0.496 e. The van der Waals surface area contributed by atoms with E-state index in [0.29, 0.717) is 23.8 Å². The molecule has 1 aliphatic carbocycles. The molecule has 1 aromatic rings. The number of hydrogen-bond donors (Lipinski definition) is 2. The van der Waals surface area contributed by atoms with E-state index in [2.05, 4.69) is 23.9 Å². The number of carbonyl (C=O) groups excluding carboxylic acids is 1. The number of nitrogens with zero attached hydrogens (tertiary/aromatic N) is 2. The summed E-state index contributed by atoms with van der Waals surface area (Å²) in [6.45, 7) is 4.54. The third kappa shape index (κ3) is 2.55. The number of nitrogens with two attached hydrogens (primary N) is 2. The number of hydrogen-bond acceptors (Lipinski definition) is 5. The van der Waals surface area contributed by atoms with Crippen molar-refractivity contribution < 1.29 is 14.1 Å². The Morgan fingerprint density at radius 3 is 2.96 bits per heavy atom. The van der Waals surface area contributed by atoms with Gasteiger partial charge in [0.15, 0.2) is 0 Å². The van der Waals surface area contributed by atoms with Crippen LogP contribution in [0.2, 0.25) is 0 Å². The highest BCUT2D eigenvalue weighted by molar-refractivity contribution is 8.05. The maximum absolute atomic E-state index is 11.7. The summed E-state index contributed by atoms with van der Waals surface area (Å²) in [7, 11) is 1.53. The van der Waals surface area contributed by atoms with Crippen LogP contribution in [-0.2, 0) is 0 Å². The van der Waals surface area contributed by atoms with Crippen LogP contribution in [0, 0.1) is 0 Å². The van der Waals surface area contributed by atoms with Crippen LogP contribution in [0.15, 0.2) is 51.5 Å². The Morgan fingerprint density at radius 2 is 2.23 bits per heavy atom. The quantitative estimate of drug-likeness (QED) is 0.798. The summed E-state index contributed by atoms with van der Waals surface area (Å²) in [6.07, 6.45) is 5.03. The maximum atomic E-state index is 11.7. The SMILES string of the molecule is C=[N+]1CN=C(N)C2=C1C1=CC=C(c3ccc(OC)c(C(N)=O)c3)CC1S2. The fourth-order valence-corrected chi connectivity index (χ4v) is 4.88. The molecule has 4 N–H and O–H groups in total. The van der Waals surface area contributed by atoms with Crippen LogP contribution in [0.5, 0.6) is 5.75 Å². The zero-order valence-corrected chi connectivity index (χ0v) is 15.2. The summed E-state index contributed by atoms with van der Waals surface area (Å²) >= 11 is 1.72. The minimum absolute atomic E-state index is 0.259. The number of primary amides is 1. The molecule has 0 radical (unpaired) electrons. The molecule has 1 atom stereocenters. The number of benzene rings is 1. The number of carbonyl (C=O) groups is 1. The molecule has 0 bridgehead atoms. The van der Waals surface area contributed by atoms with Crippen LogP contribution in [0.1, 0.15) is 22.3 Å². The molecule has 3 aliphatic rings. The van der Waals surface area contributed by atoms with Crippen molar-refractivity contribution in [1.29, 1.82) is 0 Å². The Kier molecular flexibility index (Phi) is 3.96. The van der Waals surface area contributed by atoms with Gasteiger partial charge >= 0.3 is 0 Å². The van der Waals surface area contributed by atoms with Gasteiger partial charge in [-0.25, -0.2) is 4.99 Å². The average Bonchev–Trinajstić information content (AvgIpc) is 3.04. The lowest BCUT2D eigenvalue weighted by Crippen LogP contribution is -2.25. The lowest BCUT2D eigenvalue weighted by molar-refractivity contribution is -0.463. The molecule has 4 rings (SSSR count). The molecule has 132 valence electrons. The van der Waals surface area contributed by atoms with Gasteiger partial charge in [-0.3, -0.25) is 4.79 Å². The van der Waals surface area contributed by atoms with E-state index in [-0.39, 0.29) is 5.25 Å². The molecular weight excluding hydrogens is 348 g/mol.